The van der Waals surface area contributed by atoms with Gasteiger partial charge in [0.15, 0.2) is 0 Å². The molecule has 0 amide bonds. The molecule has 4 nitrogen and oxygen atoms in total. The number of aromatic nitrogens is 2. The van der Waals surface area contributed by atoms with E-state index in [4.69, 9.17) is 10.5 Å². The number of halogens is 1. The minimum Gasteiger partial charge on any atom is -0.424 e. The van der Waals surface area contributed by atoms with Crippen molar-refractivity contribution in [2.45, 2.75) is 26.7 Å². The summed E-state index contributed by atoms with van der Waals surface area (Å²) in [5, 5.41) is 0. The van der Waals surface area contributed by atoms with Gasteiger partial charge in [0, 0.05) is 11.8 Å². The van der Waals surface area contributed by atoms with Crippen molar-refractivity contribution < 1.29 is 9.13 Å². The van der Waals surface area contributed by atoms with E-state index in [0.717, 1.165) is 11.4 Å². The predicted molar refractivity (Wildman–Crippen MR) is 71.7 cm³/mol. The number of anilines is 1. The normalized spacial score (nSPS) is 10.8. The summed E-state index contributed by atoms with van der Waals surface area (Å²) in [6.45, 7) is 5.94. The summed E-state index contributed by atoms with van der Waals surface area (Å²) in [7, 11) is 0. The van der Waals surface area contributed by atoms with E-state index < -0.39 is 5.82 Å². The summed E-state index contributed by atoms with van der Waals surface area (Å²) >= 11 is 0. The Balaban J connectivity index is 2.29. The molecule has 0 aliphatic rings. The molecule has 0 saturated heterocycles. The molecule has 0 unspecified atom stereocenters. The molecule has 0 radical (unpaired) electrons. The predicted octanol–water partition coefficient (Wildman–Crippen LogP) is 3.42. The Kier molecular flexibility index (Phi) is 3.64. The number of aryl methyl sites for hydroxylation is 1. The maximum Gasteiger partial charge on any atom is 0.322 e. The van der Waals surface area contributed by atoms with Crippen LogP contribution in [0.3, 0.4) is 0 Å². The van der Waals surface area contributed by atoms with Crippen LogP contribution >= 0.6 is 0 Å². The molecule has 5 heteroatoms. The molecule has 0 bridgehead atoms. The van der Waals surface area contributed by atoms with Crippen molar-refractivity contribution in [2.24, 2.45) is 0 Å². The van der Waals surface area contributed by atoms with Crippen LogP contribution < -0.4 is 10.5 Å². The zero-order valence-corrected chi connectivity index (χ0v) is 11.1. The number of nitrogens with zero attached hydrogens (tertiary/aromatic N) is 2. The zero-order valence-electron chi connectivity index (χ0n) is 11.1. The van der Waals surface area contributed by atoms with E-state index >= 15 is 0 Å². The van der Waals surface area contributed by atoms with Gasteiger partial charge in [0.05, 0.1) is 11.4 Å². The molecular formula is C14H16FN3O. The fourth-order valence-corrected chi connectivity index (χ4v) is 1.58. The maximum absolute atomic E-state index is 13.3. The van der Waals surface area contributed by atoms with Gasteiger partial charge in [-0.25, -0.2) is 9.37 Å². The molecule has 19 heavy (non-hydrogen) atoms. The van der Waals surface area contributed by atoms with Gasteiger partial charge >= 0.3 is 6.01 Å². The number of benzene rings is 1. The molecule has 1 heterocycles. The highest BCUT2D eigenvalue weighted by Gasteiger charge is 2.08. The van der Waals surface area contributed by atoms with Gasteiger partial charge in [0.25, 0.3) is 0 Å². The van der Waals surface area contributed by atoms with E-state index in [2.05, 4.69) is 9.97 Å². The lowest BCUT2D eigenvalue weighted by atomic mass is 10.1. The molecule has 2 N–H and O–H groups in total. The van der Waals surface area contributed by atoms with Gasteiger partial charge in [-0.3, -0.25) is 0 Å². The van der Waals surface area contributed by atoms with Crippen molar-refractivity contribution in [3.05, 3.63) is 41.5 Å². The van der Waals surface area contributed by atoms with Crippen LogP contribution in [-0.2, 0) is 0 Å². The van der Waals surface area contributed by atoms with Crippen molar-refractivity contribution in [1.29, 1.82) is 0 Å². The fraction of sp³-hybridized carbons (Fsp3) is 0.286. The summed E-state index contributed by atoms with van der Waals surface area (Å²) in [4.78, 5) is 8.47. The second kappa shape index (κ2) is 5.22. The molecule has 2 aromatic rings. The van der Waals surface area contributed by atoms with Crippen LogP contribution in [0.4, 0.5) is 10.1 Å². The first-order chi connectivity index (χ1) is 8.95. The van der Waals surface area contributed by atoms with Crippen LogP contribution in [0.2, 0.25) is 0 Å². The molecule has 1 aromatic heterocycles. The first-order valence-corrected chi connectivity index (χ1v) is 6.04. The average Bonchev–Trinajstić information content (AvgIpc) is 2.33. The van der Waals surface area contributed by atoms with Crippen LogP contribution in [0.25, 0.3) is 0 Å². The van der Waals surface area contributed by atoms with E-state index in [1.165, 1.54) is 12.1 Å². The quantitative estimate of drug-likeness (QED) is 0.860. The summed E-state index contributed by atoms with van der Waals surface area (Å²) < 4.78 is 18.8. The molecule has 1 aromatic carbocycles. The second-order valence-corrected chi connectivity index (χ2v) is 4.66. The van der Waals surface area contributed by atoms with Gasteiger partial charge in [-0.1, -0.05) is 13.8 Å². The number of ether oxygens (including phenoxy) is 1. The fourth-order valence-electron chi connectivity index (χ4n) is 1.58. The van der Waals surface area contributed by atoms with E-state index in [1.54, 1.807) is 6.07 Å². The smallest absolute Gasteiger partial charge is 0.322 e. The van der Waals surface area contributed by atoms with Crippen LogP contribution in [-0.4, -0.2) is 9.97 Å². The van der Waals surface area contributed by atoms with Crippen molar-refractivity contribution in [2.75, 3.05) is 5.73 Å². The highest BCUT2D eigenvalue weighted by molar-refractivity contribution is 5.44. The van der Waals surface area contributed by atoms with Gasteiger partial charge in [-0.15, -0.1) is 0 Å². The van der Waals surface area contributed by atoms with Crippen molar-refractivity contribution in [3.8, 4) is 11.8 Å². The molecule has 0 spiro atoms. The number of rotatable bonds is 3. The Morgan fingerprint density at radius 3 is 2.58 bits per heavy atom. The molecule has 0 fully saturated rings. The van der Waals surface area contributed by atoms with E-state index in [0.29, 0.717) is 5.75 Å². The summed E-state index contributed by atoms with van der Waals surface area (Å²) in [6, 6.07) is 6.37. The van der Waals surface area contributed by atoms with Crippen LogP contribution in [0.15, 0.2) is 24.3 Å². The highest BCUT2D eigenvalue weighted by atomic mass is 19.1. The van der Waals surface area contributed by atoms with Gasteiger partial charge in [-0.05, 0) is 31.0 Å². The molecule has 2 rings (SSSR count). The number of hydrogen-bond acceptors (Lipinski definition) is 4. The SMILES string of the molecule is Cc1cc(C(C)C)nc(Oc2ccc(N)c(F)c2)n1. The molecule has 100 valence electrons. The van der Waals surface area contributed by atoms with Crippen molar-refractivity contribution in [1.82, 2.24) is 9.97 Å². The Morgan fingerprint density at radius 1 is 1.21 bits per heavy atom. The van der Waals surface area contributed by atoms with E-state index in [1.807, 2.05) is 26.8 Å². The second-order valence-electron chi connectivity index (χ2n) is 4.66. The minimum atomic E-state index is -0.519. The lowest BCUT2D eigenvalue weighted by Gasteiger charge is -2.09. The molecule has 0 atom stereocenters. The standard InChI is InChI=1S/C14H16FN3O/c1-8(2)13-6-9(3)17-14(18-13)19-10-4-5-12(16)11(15)7-10/h4-8H,16H2,1-3H3. The first kappa shape index (κ1) is 13.3. The van der Waals surface area contributed by atoms with Gasteiger partial charge in [-0.2, -0.15) is 4.98 Å². The third-order valence-electron chi connectivity index (χ3n) is 2.63. The lowest BCUT2D eigenvalue weighted by molar-refractivity contribution is 0.433. The number of hydrogen-bond donors (Lipinski definition) is 1. The maximum atomic E-state index is 13.3. The molecule has 0 aliphatic heterocycles. The highest BCUT2D eigenvalue weighted by Crippen LogP contribution is 2.23. The summed E-state index contributed by atoms with van der Waals surface area (Å²) in [6.07, 6.45) is 0. The van der Waals surface area contributed by atoms with Crippen LogP contribution in [0.1, 0.15) is 31.2 Å². The van der Waals surface area contributed by atoms with E-state index in [-0.39, 0.29) is 17.6 Å². The molecular weight excluding hydrogens is 245 g/mol. The van der Waals surface area contributed by atoms with Gasteiger partial charge in [0.1, 0.15) is 11.6 Å². The van der Waals surface area contributed by atoms with Crippen LogP contribution in [0.5, 0.6) is 11.8 Å². The minimum absolute atomic E-state index is 0.0837. The Labute approximate surface area is 111 Å². The zero-order chi connectivity index (χ0) is 14.0. The lowest BCUT2D eigenvalue weighted by Crippen LogP contribution is -2.00. The molecule has 0 aliphatic carbocycles. The number of nitrogen functional groups attached to an aromatic ring is 1. The van der Waals surface area contributed by atoms with Crippen molar-refractivity contribution >= 4 is 5.69 Å². The molecule has 0 saturated carbocycles. The first-order valence-electron chi connectivity index (χ1n) is 6.04. The third-order valence-corrected chi connectivity index (χ3v) is 2.63. The average molecular weight is 261 g/mol. The summed E-state index contributed by atoms with van der Waals surface area (Å²) in [5.74, 6) is 0.0773. The van der Waals surface area contributed by atoms with Gasteiger partial charge < -0.3 is 10.5 Å². The summed E-state index contributed by atoms with van der Waals surface area (Å²) in [5.41, 5.74) is 7.19. The Morgan fingerprint density at radius 2 is 1.95 bits per heavy atom. The van der Waals surface area contributed by atoms with Crippen LogP contribution in [0, 0.1) is 12.7 Å². The third kappa shape index (κ3) is 3.19. The topological polar surface area (TPSA) is 61.0 Å². The monoisotopic (exact) mass is 261 g/mol. The van der Waals surface area contributed by atoms with Crippen molar-refractivity contribution in [3.63, 3.8) is 0 Å². The Hall–Kier alpha value is -2.17. The largest absolute Gasteiger partial charge is 0.424 e. The van der Waals surface area contributed by atoms with Gasteiger partial charge in [0.2, 0.25) is 0 Å². The van der Waals surface area contributed by atoms with E-state index in [9.17, 15) is 4.39 Å². The Bertz CT molecular complexity index is 599. The number of nitrogens with two attached hydrogens (primary N) is 1.